The van der Waals surface area contributed by atoms with Crippen LogP contribution in [0.1, 0.15) is 28.9 Å². The zero-order valence-electron chi connectivity index (χ0n) is 14.4. The molecule has 0 N–H and O–H groups in total. The molecule has 0 unspecified atom stereocenters. The van der Waals surface area contributed by atoms with Crippen LogP contribution in [-0.2, 0) is 16.5 Å². The van der Waals surface area contributed by atoms with E-state index in [-0.39, 0.29) is 11.6 Å². The molecule has 1 spiro atoms. The summed E-state index contributed by atoms with van der Waals surface area (Å²) in [5.41, 5.74) is 3.02. The molecule has 5 heteroatoms. The number of fused-ring (bicyclic) bond motifs is 1. The topological polar surface area (TPSA) is 43.7 Å². The molecule has 2 saturated heterocycles. The van der Waals surface area contributed by atoms with E-state index in [9.17, 15) is 4.79 Å². The van der Waals surface area contributed by atoms with Gasteiger partial charge in [0, 0.05) is 55.1 Å². The van der Waals surface area contributed by atoms with Gasteiger partial charge in [-0.25, -0.2) is 0 Å². The maximum atomic E-state index is 13.0. The van der Waals surface area contributed by atoms with Crippen molar-refractivity contribution in [3.05, 3.63) is 35.5 Å². The van der Waals surface area contributed by atoms with E-state index >= 15 is 0 Å². The lowest BCUT2D eigenvalue weighted by Crippen LogP contribution is -2.46. The van der Waals surface area contributed by atoms with Crippen LogP contribution in [-0.4, -0.2) is 53.9 Å². The van der Waals surface area contributed by atoms with Crippen LogP contribution in [0.4, 0.5) is 0 Å². The maximum absolute atomic E-state index is 13.0. The number of ether oxygens (including phenoxy) is 2. The van der Waals surface area contributed by atoms with Crippen molar-refractivity contribution >= 4 is 16.7 Å². The third-order valence-electron chi connectivity index (χ3n) is 5.48. The van der Waals surface area contributed by atoms with Gasteiger partial charge in [0.25, 0.3) is 0 Å². The SMILES string of the molecule is Cc1c(C(=O)CN2CCC3(CC2)OCCO3)c2ccccc2n1C. The van der Waals surface area contributed by atoms with Gasteiger partial charge in [-0.3, -0.25) is 9.69 Å². The van der Waals surface area contributed by atoms with Crippen LogP contribution in [0, 0.1) is 6.92 Å². The van der Waals surface area contributed by atoms with Crippen molar-refractivity contribution in [2.24, 2.45) is 7.05 Å². The highest BCUT2D eigenvalue weighted by Crippen LogP contribution is 2.32. The van der Waals surface area contributed by atoms with Crippen LogP contribution in [0.5, 0.6) is 0 Å². The fraction of sp³-hybridized carbons (Fsp3) is 0.526. The summed E-state index contributed by atoms with van der Waals surface area (Å²) in [6.07, 6.45) is 1.68. The van der Waals surface area contributed by atoms with Gasteiger partial charge in [-0.2, -0.15) is 0 Å². The summed E-state index contributed by atoms with van der Waals surface area (Å²) < 4.78 is 13.6. The summed E-state index contributed by atoms with van der Waals surface area (Å²) in [6, 6.07) is 8.12. The summed E-state index contributed by atoms with van der Waals surface area (Å²) in [5, 5.41) is 1.05. The predicted octanol–water partition coefficient (Wildman–Crippen LogP) is 2.51. The number of Topliss-reactive ketones (excluding diaryl/α,β-unsaturated/α-hetero) is 1. The Morgan fingerprint density at radius 3 is 2.54 bits per heavy atom. The second kappa shape index (κ2) is 5.99. The lowest BCUT2D eigenvalue weighted by atomic mass is 10.0. The third-order valence-corrected chi connectivity index (χ3v) is 5.48. The van der Waals surface area contributed by atoms with Crippen molar-refractivity contribution in [3.63, 3.8) is 0 Å². The standard InChI is InChI=1S/C19H24N2O3/c1-14-18(15-5-3-4-6-16(15)20(14)2)17(22)13-21-9-7-19(8-10-21)23-11-12-24-19/h3-6H,7-13H2,1-2H3. The number of likely N-dealkylation sites (tertiary alicyclic amines) is 1. The van der Waals surface area contributed by atoms with Crippen molar-refractivity contribution < 1.29 is 14.3 Å². The molecule has 2 aromatic rings. The third kappa shape index (κ3) is 2.57. The Balaban J connectivity index is 1.50. The highest BCUT2D eigenvalue weighted by atomic mass is 16.7. The molecule has 4 rings (SSSR count). The summed E-state index contributed by atoms with van der Waals surface area (Å²) >= 11 is 0. The van der Waals surface area contributed by atoms with Gasteiger partial charge < -0.3 is 14.0 Å². The number of nitrogens with zero attached hydrogens (tertiary/aromatic N) is 2. The number of ketones is 1. The highest BCUT2D eigenvalue weighted by Gasteiger charge is 2.40. The minimum Gasteiger partial charge on any atom is -0.347 e. The summed E-state index contributed by atoms with van der Waals surface area (Å²) in [4.78, 5) is 15.2. The van der Waals surface area contributed by atoms with Gasteiger partial charge in [-0.05, 0) is 13.0 Å². The lowest BCUT2D eigenvalue weighted by Gasteiger charge is -2.37. The van der Waals surface area contributed by atoms with E-state index in [0.717, 1.165) is 48.1 Å². The smallest absolute Gasteiger partial charge is 0.179 e. The number of hydrogen-bond donors (Lipinski definition) is 0. The molecule has 0 bridgehead atoms. The van der Waals surface area contributed by atoms with E-state index < -0.39 is 0 Å². The second-order valence-electron chi connectivity index (χ2n) is 6.84. The molecule has 3 heterocycles. The van der Waals surface area contributed by atoms with Crippen LogP contribution in [0.25, 0.3) is 10.9 Å². The lowest BCUT2D eigenvalue weighted by molar-refractivity contribution is -0.184. The van der Waals surface area contributed by atoms with Crippen LogP contribution in [0.15, 0.2) is 24.3 Å². The molecule has 24 heavy (non-hydrogen) atoms. The molecule has 2 aliphatic heterocycles. The van der Waals surface area contributed by atoms with Gasteiger partial charge in [0.05, 0.1) is 19.8 Å². The Labute approximate surface area is 142 Å². The van der Waals surface area contributed by atoms with Crippen molar-refractivity contribution in [1.29, 1.82) is 0 Å². The van der Waals surface area contributed by atoms with Crippen molar-refractivity contribution in [1.82, 2.24) is 9.47 Å². The number of piperidine rings is 1. The fourth-order valence-electron chi connectivity index (χ4n) is 3.99. The van der Waals surface area contributed by atoms with Gasteiger partial charge in [0.2, 0.25) is 0 Å². The number of para-hydroxylation sites is 1. The van der Waals surface area contributed by atoms with E-state index in [1.807, 2.05) is 32.2 Å². The summed E-state index contributed by atoms with van der Waals surface area (Å²) in [6.45, 7) is 5.55. The monoisotopic (exact) mass is 328 g/mol. The maximum Gasteiger partial charge on any atom is 0.179 e. The largest absolute Gasteiger partial charge is 0.347 e. The van der Waals surface area contributed by atoms with Gasteiger partial charge in [-0.1, -0.05) is 18.2 Å². The Morgan fingerprint density at radius 1 is 1.17 bits per heavy atom. The Morgan fingerprint density at radius 2 is 1.83 bits per heavy atom. The quantitative estimate of drug-likeness (QED) is 0.812. The van der Waals surface area contributed by atoms with Crippen LogP contribution in [0.2, 0.25) is 0 Å². The van der Waals surface area contributed by atoms with Gasteiger partial charge in [-0.15, -0.1) is 0 Å². The summed E-state index contributed by atoms with van der Waals surface area (Å²) in [5.74, 6) is -0.178. The van der Waals surface area contributed by atoms with E-state index in [0.29, 0.717) is 19.8 Å². The number of aryl methyl sites for hydroxylation is 1. The molecule has 0 saturated carbocycles. The molecule has 0 aliphatic carbocycles. The number of benzene rings is 1. The molecule has 0 radical (unpaired) electrons. The molecule has 128 valence electrons. The van der Waals surface area contributed by atoms with Gasteiger partial charge >= 0.3 is 0 Å². The Kier molecular flexibility index (Phi) is 3.95. The number of aromatic nitrogens is 1. The average Bonchev–Trinajstić information content (AvgIpc) is 3.14. The number of carbonyl (C=O) groups excluding carboxylic acids is 1. The summed E-state index contributed by atoms with van der Waals surface area (Å²) in [7, 11) is 2.02. The van der Waals surface area contributed by atoms with E-state index in [1.165, 1.54) is 0 Å². The van der Waals surface area contributed by atoms with Crippen molar-refractivity contribution in [3.8, 4) is 0 Å². The van der Waals surface area contributed by atoms with Crippen LogP contribution in [0.3, 0.4) is 0 Å². The van der Waals surface area contributed by atoms with E-state index in [2.05, 4.69) is 15.5 Å². The van der Waals surface area contributed by atoms with E-state index in [1.54, 1.807) is 0 Å². The molecular formula is C19H24N2O3. The first-order valence-corrected chi connectivity index (χ1v) is 8.67. The molecule has 0 atom stereocenters. The zero-order chi connectivity index (χ0) is 16.7. The molecule has 2 fully saturated rings. The van der Waals surface area contributed by atoms with Crippen LogP contribution < -0.4 is 0 Å². The van der Waals surface area contributed by atoms with Crippen LogP contribution >= 0.6 is 0 Å². The molecule has 2 aliphatic rings. The first-order chi connectivity index (χ1) is 11.6. The first kappa shape index (κ1) is 15.8. The second-order valence-corrected chi connectivity index (χ2v) is 6.84. The molecule has 1 aromatic heterocycles. The van der Waals surface area contributed by atoms with E-state index in [4.69, 9.17) is 9.47 Å². The minimum absolute atomic E-state index is 0.202. The van der Waals surface area contributed by atoms with Gasteiger partial charge in [0.1, 0.15) is 0 Å². The van der Waals surface area contributed by atoms with Crippen molar-refractivity contribution in [2.45, 2.75) is 25.6 Å². The molecule has 5 nitrogen and oxygen atoms in total. The fourth-order valence-corrected chi connectivity index (χ4v) is 3.99. The van der Waals surface area contributed by atoms with Crippen molar-refractivity contribution in [2.75, 3.05) is 32.8 Å². The van der Waals surface area contributed by atoms with Gasteiger partial charge in [0.15, 0.2) is 11.6 Å². The number of carbonyl (C=O) groups is 1. The predicted molar refractivity (Wildman–Crippen MR) is 92.3 cm³/mol. The first-order valence-electron chi connectivity index (χ1n) is 8.67. The normalized spacial score (nSPS) is 20.9. The number of hydrogen-bond acceptors (Lipinski definition) is 4. The zero-order valence-corrected chi connectivity index (χ0v) is 14.4. The Hall–Kier alpha value is -1.69. The molecular weight excluding hydrogens is 304 g/mol. The Bertz CT molecular complexity index is 764. The molecule has 0 amide bonds. The highest BCUT2D eigenvalue weighted by molar-refractivity contribution is 6.10. The average molecular weight is 328 g/mol. The molecule has 1 aromatic carbocycles. The number of rotatable bonds is 3. The minimum atomic E-state index is -0.380.